The lowest BCUT2D eigenvalue weighted by atomic mass is 10.1. The Hall–Kier alpha value is -2.66. The highest BCUT2D eigenvalue weighted by Gasteiger charge is 2.36. The molecule has 2 fully saturated rings. The Bertz CT molecular complexity index is 1010. The molecule has 33 heavy (non-hydrogen) atoms. The molecule has 11 heteroatoms. The summed E-state index contributed by atoms with van der Waals surface area (Å²) < 4.78 is 5.98. The van der Waals surface area contributed by atoms with Gasteiger partial charge in [0.15, 0.2) is 4.34 Å². The van der Waals surface area contributed by atoms with Gasteiger partial charge in [0.1, 0.15) is 5.75 Å². The van der Waals surface area contributed by atoms with E-state index in [-0.39, 0.29) is 30.7 Å². The number of carbonyl (C=O) groups is 3. The zero-order valence-corrected chi connectivity index (χ0v) is 20.1. The number of amides is 3. The minimum Gasteiger partial charge on any atom is -0.495 e. The number of methoxy groups -OCH3 is 1. The van der Waals surface area contributed by atoms with Crippen molar-refractivity contribution >= 4 is 51.6 Å². The minimum absolute atomic E-state index is 0.114. The predicted octanol–water partition coefficient (Wildman–Crippen LogP) is 3.03. The van der Waals surface area contributed by atoms with Crippen molar-refractivity contribution < 1.29 is 19.1 Å². The van der Waals surface area contributed by atoms with E-state index in [1.165, 1.54) is 35.9 Å². The normalized spacial score (nSPS) is 18.8. The average Bonchev–Trinajstić information content (AvgIpc) is 3.33. The number of hydrogen-bond acceptors (Lipinski definition) is 8. The van der Waals surface area contributed by atoms with E-state index in [4.69, 9.17) is 4.74 Å². The molecule has 1 atom stereocenters. The number of nitrogens with zero attached hydrogens (tertiary/aromatic N) is 4. The molecule has 9 nitrogen and oxygen atoms in total. The van der Waals surface area contributed by atoms with Crippen LogP contribution < -0.4 is 15.0 Å². The second-order valence-electron chi connectivity index (χ2n) is 8.02. The van der Waals surface area contributed by atoms with Crippen molar-refractivity contribution in [3.05, 3.63) is 24.3 Å². The number of thioether (sulfide) groups is 1. The van der Waals surface area contributed by atoms with Gasteiger partial charge in [0.2, 0.25) is 22.9 Å². The van der Waals surface area contributed by atoms with Crippen LogP contribution in [0.3, 0.4) is 0 Å². The first-order valence-electron chi connectivity index (χ1n) is 11.0. The molecule has 4 rings (SSSR count). The number of rotatable bonds is 7. The van der Waals surface area contributed by atoms with Crippen LogP contribution in [0.4, 0.5) is 10.8 Å². The lowest BCUT2D eigenvalue weighted by Gasteiger charge is -2.19. The third-order valence-electron chi connectivity index (χ3n) is 5.79. The quantitative estimate of drug-likeness (QED) is 0.471. The molecule has 2 aliphatic heterocycles. The number of aromatic nitrogens is 2. The second kappa shape index (κ2) is 11.0. The van der Waals surface area contributed by atoms with Crippen LogP contribution in [0.15, 0.2) is 28.6 Å². The molecule has 0 aliphatic carbocycles. The summed E-state index contributed by atoms with van der Waals surface area (Å²) in [6.07, 6.45) is 4.60. The fraction of sp³-hybridized carbons (Fsp3) is 0.500. The van der Waals surface area contributed by atoms with Crippen LogP contribution in [0, 0.1) is 5.92 Å². The fourth-order valence-corrected chi connectivity index (χ4v) is 5.69. The summed E-state index contributed by atoms with van der Waals surface area (Å²) in [7, 11) is 1.55. The molecule has 2 saturated heterocycles. The Kier molecular flexibility index (Phi) is 7.81. The highest BCUT2D eigenvalue weighted by atomic mass is 32.2. The first-order chi connectivity index (χ1) is 16.0. The number of carbonyl (C=O) groups excluding carboxylic acids is 3. The summed E-state index contributed by atoms with van der Waals surface area (Å²) in [4.78, 5) is 41.3. The van der Waals surface area contributed by atoms with Crippen molar-refractivity contribution in [2.24, 2.45) is 5.92 Å². The first-order valence-corrected chi connectivity index (χ1v) is 12.8. The SMILES string of the molecule is COc1ccccc1N1CC(C(=O)Nc2nnc(SCC(=O)N3CCCCCC3)s2)CC1=O. The molecule has 1 unspecified atom stereocenters. The van der Waals surface area contributed by atoms with Crippen molar-refractivity contribution in [1.29, 1.82) is 0 Å². The maximum Gasteiger partial charge on any atom is 0.233 e. The Balaban J connectivity index is 1.29. The van der Waals surface area contributed by atoms with Gasteiger partial charge in [0, 0.05) is 26.1 Å². The molecule has 3 amide bonds. The van der Waals surface area contributed by atoms with Crippen LogP contribution in [0.25, 0.3) is 0 Å². The minimum atomic E-state index is -0.493. The van der Waals surface area contributed by atoms with Crippen LogP contribution in [0.1, 0.15) is 32.1 Å². The largest absolute Gasteiger partial charge is 0.495 e. The number of para-hydroxylation sites is 2. The van der Waals surface area contributed by atoms with E-state index in [0.29, 0.717) is 26.7 Å². The summed E-state index contributed by atoms with van der Waals surface area (Å²) >= 11 is 2.57. The van der Waals surface area contributed by atoms with E-state index >= 15 is 0 Å². The lowest BCUT2D eigenvalue weighted by Crippen LogP contribution is -2.33. The number of ether oxygens (including phenoxy) is 1. The molecule has 0 radical (unpaired) electrons. The van der Waals surface area contributed by atoms with Gasteiger partial charge in [-0.25, -0.2) is 0 Å². The van der Waals surface area contributed by atoms with Crippen molar-refractivity contribution in [3.8, 4) is 5.75 Å². The summed E-state index contributed by atoms with van der Waals surface area (Å²) in [5, 5.41) is 11.3. The number of benzene rings is 1. The Morgan fingerprint density at radius 1 is 1.18 bits per heavy atom. The van der Waals surface area contributed by atoms with Gasteiger partial charge in [-0.3, -0.25) is 14.4 Å². The summed E-state index contributed by atoms with van der Waals surface area (Å²) in [6, 6.07) is 7.25. The van der Waals surface area contributed by atoms with Crippen molar-refractivity contribution in [1.82, 2.24) is 15.1 Å². The van der Waals surface area contributed by atoms with Crippen molar-refractivity contribution in [2.45, 2.75) is 36.4 Å². The Morgan fingerprint density at radius 2 is 1.94 bits per heavy atom. The van der Waals surface area contributed by atoms with Gasteiger partial charge in [-0.15, -0.1) is 10.2 Å². The highest BCUT2D eigenvalue weighted by Crippen LogP contribution is 2.33. The zero-order valence-electron chi connectivity index (χ0n) is 18.5. The van der Waals surface area contributed by atoms with E-state index in [0.717, 1.165) is 25.9 Å². The number of hydrogen-bond donors (Lipinski definition) is 1. The summed E-state index contributed by atoms with van der Waals surface area (Å²) in [5.74, 6) is 0.130. The van der Waals surface area contributed by atoms with Gasteiger partial charge in [0.25, 0.3) is 0 Å². The second-order valence-corrected chi connectivity index (χ2v) is 10.2. The van der Waals surface area contributed by atoms with E-state index in [1.807, 2.05) is 17.0 Å². The average molecular weight is 490 g/mol. The molecule has 2 aliphatic rings. The molecule has 3 heterocycles. The van der Waals surface area contributed by atoms with E-state index in [1.54, 1.807) is 24.1 Å². The highest BCUT2D eigenvalue weighted by molar-refractivity contribution is 8.01. The molecular formula is C22H27N5O4S2. The van der Waals surface area contributed by atoms with E-state index in [2.05, 4.69) is 15.5 Å². The molecule has 176 valence electrons. The van der Waals surface area contributed by atoms with Gasteiger partial charge in [-0.1, -0.05) is 48.1 Å². The Labute approximate surface area is 200 Å². The van der Waals surface area contributed by atoms with Crippen molar-refractivity contribution in [3.63, 3.8) is 0 Å². The monoisotopic (exact) mass is 489 g/mol. The maximum atomic E-state index is 12.8. The summed E-state index contributed by atoms with van der Waals surface area (Å²) in [5.41, 5.74) is 0.656. The number of likely N-dealkylation sites (tertiary alicyclic amines) is 1. The van der Waals surface area contributed by atoms with Crippen LogP contribution in [-0.4, -0.2) is 65.3 Å². The van der Waals surface area contributed by atoms with Crippen LogP contribution in [0.2, 0.25) is 0 Å². The van der Waals surface area contributed by atoms with Crippen molar-refractivity contribution in [2.75, 3.05) is 42.7 Å². The summed E-state index contributed by atoms with van der Waals surface area (Å²) in [6.45, 7) is 1.92. The van der Waals surface area contributed by atoms with Gasteiger partial charge in [-0.2, -0.15) is 0 Å². The lowest BCUT2D eigenvalue weighted by molar-refractivity contribution is -0.128. The van der Waals surface area contributed by atoms with E-state index < -0.39 is 5.92 Å². The molecule has 1 aromatic carbocycles. The zero-order chi connectivity index (χ0) is 23.2. The van der Waals surface area contributed by atoms with Crippen LogP contribution >= 0.6 is 23.1 Å². The molecule has 0 saturated carbocycles. The molecule has 2 aromatic rings. The maximum absolute atomic E-state index is 12.8. The number of nitrogens with one attached hydrogen (secondary N) is 1. The standard InChI is InChI=1S/C22H27N5O4S2/c1-31-17-9-5-4-8-16(17)27-13-15(12-18(27)28)20(30)23-21-24-25-22(33-21)32-14-19(29)26-10-6-2-3-7-11-26/h4-5,8-9,15H,2-3,6-7,10-14H2,1H3,(H,23,24,30). The third-order valence-corrected chi connectivity index (χ3v) is 7.74. The molecule has 1 aromatic heterocycles. The van der Waals surface area contributed by atoms with Crippen LogP contribution in [0.5, 0.6) is 5.75 Å². The predicted molar refractivity (Wildman–Crippen MR) is 128 cm³/mol. The Morgan fingerprint density at radius 3 is 2.70 bits per heavy atom. The van der Waals surface area contributed by atoms with E-state index in [9.17, 15) is 14.4 Å². The number of anilines is 2. The smallest absolute Gasteiger partial charge is 0.233 e. The van der Waals surface area contributed by atoms with Crippen LogP contribution in [-0.2, 0) is 14.4 Å². The molecule has 0 bridgehead atoms. The molecule has 1 N–H and O–H groups in total. The third kappa shape index (κ3) is 5.83. The van der Waals surface area contributed by atoms with Gasteiger partial charge in [-0.05, 0) is 25.0 Å². The van der Waals surface area contributed by atoms with Gasteiger partial charge in [0.05, 0.1) is 24.5 Å². The van der Waals surface area contributed by atoms with Gasteiger partial charge >= 0.3 is 0 Å². The molecular weight excluding hydrogens is 462 g/mol. The first kappa shape index (κ1) is 23.5. The molecule has 0 spiro atoms. The van der Waals surface area contributed by atoms with Gasteiger partial charge < -0.3 is 19.9 Å². The topological polar surface area (TPSA) is 105 Å². The fourth-order valence-electron chi connectivity index (χ4n) is 4.03.